The topological polar surface area (TPSA) is 79.3 Å². The van der Waals surface area contributed by atoms with Crippen molar-refractivity contribution < 1.29 is 9.59 Å². The first-order valence-corrected chi connectivity index (χ1v) is 8.89. The molecule has 1 aromatic heterocycles. The largest absolute Gasteiger partial charge is 0.344 e. The minimum atomic E-state index is -0.304. The third kappa shape index (κ3) is 4.16. The minimum Gasteiger partial charge on any atom is -0.344 e. The van der Waals surface area contributed by atoms with E-state index < -0.39 is 0 Å². The Morgan fingerprint density at radius 2 is 2.15 bits per heavy atom. The van der Waals surface area contributed by atoms with Gasteiger partial charge in [0, 0.05) is 36.6 Å². The molecule has 26 heavy (non-hydrogen) atoms. The molecule has 7 nitrogen and oxygen atoms in total. The van der Waals surface area contributed by atoms with Gasteiger partial charge in [0.15, 0.2) is 0 Å². The van der Waals surface area contributed by atoms with E-state index in [0.717, 1.165) is 11.1 Å². The van der Waals surface area contributed by atoms with Gasteiger partial charge in [0.05, 0.1) is 12.7 Å². The number of likely N-dealkylation sites (N-methyl/N-ethyl adjacent to an activating group) is 1. The molecule has 0 unspecified atom stereocenters. The molecule has 1 fully saturated rings. The van der Waals surface area contributed by atoms with E-state index in [1.807, 2.05) is 31.2 Å². The fourth-order valence-electron chi connectivity index (χ4n) is 3.01. The molecule has 1 aliphatic rings. The van der Waals surface area contributed by atoms with Crippen LogP contribution < -0.4 is 10.6 Å². The number of nitrogens with zero attached hydrogens (tertiary/aromatic N) is 3. The zero-order valence-corrected chi connectivity index (χ0v) is 15.6. The number of likely N-dealkylation sites (tertiary alicyclic amines) is 1. The Balaban J connectivity index is 1.66. The number of halogens is 1. The van der Waals surface area contributed by atoms with Crippen LogP contribution in [0.4, 0.5) is 10.6 Å². The van der Waals surface area contributed by atoms with Gasteiger partial charge in [-0.25, -0.2) is 9.48 Å². The van der Waals surface area contributed by atoms with Gasteiger partial charge in [-0.05, 0) is 25.0 Å². The number of hydrogen-bond donors (Lipinski definition) is 2. The molecule has 3 rings (SSSR count). The smallest absolute Gasteiger partial charge is 0.320 e. The predicted molar refractivity (Wildman–Crippen MR) is 100 cm³/mol. The number of rotatable bonds is 4. The van der Waals surface area contributed by atoms with E-state index in [9.17, 15) is 9.59 Å². The number of carbonyl (C=O) groups excluding carboxylic acids is 2. The molecule has 0 aliphatic carbocycles. The van der Waals surface area contributed by atoms with Crippen LogP contribution in [0.5, 0.6) is 0 Å². The van der Waals surface area contributed by atoms with E-state index in [1.165, 1.54) is 0 Å². The first-order valence-electron chi connectivity index (χ1n) is 8.51. The fourth-order valence-corrected chi connectivity index (χ4v) is 3.20. The normalized spacial score (nSPS) is 17.3. The number of piperidine rings is 1. The molecular formula is C18H22ClN5O2. The zero-order valence-electron chi connectivity index (χ0n) is 14.8. The Labute approximate surface area is 157 Å². The second-order valence-corrected chi connectivity index (χ2v) is 6.94. The second kappa shape index (κ2) is 7.78. The lowest BCUT2D eigenvalue weighted by Crippen LogP contribution is -2.49. The maximum atomic E-state index is 12.4. The molecule has 2 N–H and O–H groups in total. The molecule has 0 saturated carbocycles. The van der Waals surface area contributed by atoms with Crippen LogP contribution in [-0.4, -0.2) is 46.3 Å². The SMILES string of the molecule is Cc1cnn(Cc2ccccc2Cl)c1NC(=O)N[C@H]1CCC(=O)N(C)C1. The summed E-state index contributed by atoms with van der Waals surface area (Å²) in [6.07, 6.45) is 2.80. The van der Waals surface area contributed by atoms with Crippen LogP contribution in [0.25, 0.3) is 0 Å². The molecule has 0 radical (unpaired) electrons. The highest BCUT2D eigenvalue weighted by molar-refractivity contribution is 6.31. The van der Waals surface area contributed by atoms with Crippen LogP contribution in [0, 0.1) is 6.92 Å². The van der Waals surface area contributed by atoms with Gasteiger partial charge >= 0.3 is 6.03 Å². The molecule has 0 spiro atoms. The van der Waals surface area contributed by atoms with Crippen LogP contribution in [0.1, 0.15) is 24.0 Å². The van der Waals surface area contributed by atoms with Gasteiger partial charge in [0.1, 0.15) is 5.82 Å². The summed E-state index contributed by atoms with van der Waals surface area (Å²) in [7, 11) is 1.75. The fraction of sp³-hybridized carbons (Fsp3) is 0.389. The van der Waals surface area contributed by atoms with Crippen molar-refractivity contribution in [2.75, 3.05) is 18.9 Å². The zero-order chi connectivity index (χ0) is 18.7. The van der Waals surface area contributed by atoms with E-state index in [0.29, 0.717) is 36.8 Å². The molecule has 3 amide bonds. The van der Waals surface area contributed by atoms with Crippen LogP contribution in [0.2, 0.25) is 5.02 Å². The Hall–Kier alpha value is -2.54. The Bertz CT molecular complexity index is 820. The Kier molecular flexibility index (Phi) is 5.46. The van der Waals surface area contributed by atoms with E-state index in [1.54, 1.807) is 22.8 Å². The number of aromatic nitrogens is 2. The summed E-state index contributed by atoms with van der Waals surface area (Å²) in [6, 6.07) is 7.18. The standard InChI is InChI=1S/C18H22ClN5O2/c1-12-9-20-24(10-13-5-3-4-6-15(13)19)17(12)22-18(26)21-14-7-8-16(25)23(2)11-14/h3-6,9,14H,7-8,10-11H2,1-2H3,(H2,21,22,26)/t14-/m0/s1. The highest BCUT2D eigenvalue weighted by Gasteiger charge is 2.24. The molecule has 1 aliphatic heterocycles. The number of nitrogens with one attached hydrogen (secondary N) is 2. The second-order valence-electron chi connectivity index (χ2n) is 6.53. The van der Waals surface area contributed by atoms with E-state index in [-0.39, 0.29) is 18.0 Å². The van der Waals surface area contributed by atoms with Crippen LogP contribution in [0.3, 0.4) is 0 Å². The quantitative estimate of drug-likeness (QED) is 0.862. The molecular weight excluding hydrogens is 354 g/mol. The molecule has 1 saturated heterocycles. The highest BCUT2D eigenvalue weighted by Crippen LogP contribution is 2.20. The Morgan fingerprint density at radius 1 is 1.38 bits per heavy atom. The van der Waals surface area contributed by atoms with Gasteiger partial charge in [0.25, 0.3) is 0 Å². The maximum absolute atomic E-state index is 12.4. The molecule has 138 valence electrons. The van der Waals surface area contributed by atoms with Crippen LogP contribution in [-0.2, 0) is 11.3 Å². The summed E-state index contributed by atoms with van der Waals surface area (Å²) < 4.78 is 1.71. The van der Waals surface area contributed by atoms with Gasteiger partial charge in [-0.2, -0.15) is 5.10 Å². The van der Waals surface area contributed by atoms with Crippen molar-refractivity contribution in [3.63, 3.8) is 0 Å². The number of aryl methyl sites for hydroxylation is 1. The molecule has 0 bridgehead atoms. The lowest BCUT2D eigenvalue weighted by atomic mass is 10.1. The Morgan fingerprint density at radius 3 is 2.88 bits per heavy atom. The van der Waals surface area contributed by atoms with Crippen molar-refractivity contribution in [3.05, 3.63) is 46.6 Å². The number of amides is 3. The molecule has 1 aromatic carbocycles. The summed E-state index contributed by atoms with van der Waals surface area (Å²) in [6.45, 7) is 2.87. The monoisotopic (exact) mass is 375 g/mol. The van der Waals surface area contributed by atoms with Gasteiger partial charge in [-0.15, -0.1) is 0 Å². The van der Waals surface area contributed by atoms with Crippen molar-refractivity contribution in [3.8, 4) is 0 Å². The predicted octanol–water partition coefficient (Wildman–Crippen LogP) is 2.64. The number of hydrogen-bond acceptors (Lipinski definition) is 3. The van der Waals surface area contributed by atoms with Gasteiger partial charge in [0.2, 0.25) is 5.91 Å². The molecule has 2 heterocycles. The molecule has 1 atom stereocenters. The molecule has 8 heteroatoms. The van der Waals surface area contributed by atoms with Crippen LogP contribution in [0.15, 0.2) is 30.5 Å². The third-order valence-corrected chi connectivity index (χ3v) is 4.86. The van der Waals surface area contributed by atoms with Gasteiger partial charge < -0.3 is 10.2 Å². The highest BCUT2D eigenvalue weighted by atomic mass is 35.5. The molecule has 2 aromatic rings. The van der Waals surface area contributed by atoms with E-state index in [4.69, 9.17) is 11.6 Å². The number of benzene rings is 1. The summed E-state index contributed by atoms with van der Waals surface area (Å²) in [5, 5.41) is 10.8. The minimum absolute atomic E-state index is 0.0575. The summed E-state index contributed by atoms with van der Waals surface area (Å²) >= 11 is 6.22. The van der Waals surface area contributed by atoms with Crippen molar-refractivity contribution in [2.45, 2.75) is 32.4 Å². The first-order chi connectivity index (χ1) is 12.4. The maximum Gasteiger partial charge on any atom is 0.320 e. The van der Waals surface area contributed by atoms with Gasteiger partial charge in [-0.1, -0.05) is 29.8 Å². The average molecular weight is 376 g/mol. The number of carbonyl (C=O) groups is 2. The van der Waals surface area contributed by atoms with E-state index in [2.05, 4.69) is 15.7 Å². The van der Waals surface area contributed by atoms with Gasteiger partial charge in [-0.3, -0.25) is 10.1 Å². The van der Waals surface area contributed by atoms with Crippen molar-refractivity contribution in [2.24, 2.45) is 0 Å². The van der Waals surface area contributed by atoms with Crippen LogP contribution >= 0.6 is 11.6 Å². The van der Waals surface area contributed by atoms with Crippen molar-refractivity contribution in [1.82, 2.24) is 20.0 Å². The van der Waals surface area contributed by atoms with Crippen molar-refractivity contribution >= 4 is 29.4 Å². The lowest BCUT2D eigenvalue weighted by Gasteiger charge is -2.30. The summed E-state index contributed by atoms with van der Waals surface area (Å²) in [4.78, 5) is 25.6. The summed E-state index contributed by atoms with van der Waals surface area (Å²) in [5.74, 6) is 0.736. The summed E-state index contributed by atoms with van der Waals surface area (Å²) in [5.41, 5.74) is 1.79. The van der Waals surface area contributed by atoms with E-state index >= 15 is 0 Å². The number of urea groups is 1. The lowest BCUT2D eigenvalue weighted by molar-refractivity contribution is -0.132. The third-order valence-electron chi connectivity index (χ3n) is 4.49. The average Bonchev–Trinajstić information content (AvgIpc) is 2.93. The first kappa shape index (κ1) is 18.3. The number of anilines is 1. The van der Waals surface area contributed by atoms with Crippen molar-refractivity contribution in [1.29, 1.82) is 0 Å².